The first kappa shape index (κ1) is 19.0. The smallest absolute Gasteiger partial charge is 0.302 e. The molecule has 1 N–H and O–H groups in total. The molecule has 3 rings (SSSR count). The van der Waals surface area contributed by atoms with E-state index in [1.807, 2.05) is 6.92 Å². The van der Waals surface area contributed by atoms with E-state index < -0.39 is 11.7 Å². The summed E-state index contributed by atoms with van der Waals surface area (Å²) in [5.41, 5.74) is 1.17. The number of rotatable bonds is 5. The molecule has 0 saturated heterocycles. The molecule has 0 aliphatic carbocycles. The zero-order valence-electron chi connectivity index (χ0n) is 14.4. The van der Waals surface area contributed by atoms with Gasteiger partial charge >= 0.3 is 6.18 Å². The van der Waals surface area contributed by atoms with Crippen molar-refractivity contribution in [2.24, 2.45) is 0 Å². The normalized spacial score (nSPS) is 11.4. The van der Waals surface area contributed by atoms with E-state index in [0.29, 0.717) is 29.2 Å². The fraction of sp³-hybridized carbons (Fsp3) is 0.211. The van der Waals surface area contributed by atoms with Gasteiger partial charge in [-0.3, -0.25) is 9.78 Å². The van der Waals surface area contributed by atoms with Crippen LogP contribution in [-0.4, -0.2) is 15.9 Å². The lowest BCUT2D eigenvalue weighted by atomic mass is 10.1. The highest BCUT2D eigenvalue weighted by molar-refractivity contribution is 7.19. The van der Waals surface area contributed by atoms with Crippen LogP contribution >= 0.6 is 11.3 Å². The summed E-state index contributed by atoms with van der Waals surface area (Å²) in [6.07, 6.45) is -0.0599. The van der Waals surface area contributed by atoms with E-state index in [4.69, 9.17) is 0 Å². The fourth-order valence-corrected chi connectivity index (χ4v) is 3.50. The first-order valence-corrected chi connectivity index (χ1v) is 9.09. The van der Waals surface area contributed by atoms with E-state index in [-0.39, 0.29) is 5.91 Å². The minimum Gasteiger partial charge on any atom is -0.302 e. The zero-order valence-corrected chi connectivity index (χ0v) is 15.2. The number of aromatic nitrogens is 2. The lowest BCUT2D eigenvalue weighted by molar-refractivity contribution is -0.137. The third kappa shape index (κ3) is 4.51. The summed E-state index contributed by atoms with van der Waals surface area (Å²) in [6.45, 7) is 1.90. The Kier molecular flexibility index (Phi) is 5.55. The average Bonchev–Trinajstić information content (AvgIpc) is 3.06. The van der Waals surface area contributed by atoms with Crippen LogP contribution in [0, 0.1) is 0 Å². The van der Waals surface area contributed by atoms with Crippen LogP contribution in [0.2, 0.25) is 0 Å². The van der Waals surface area contributed by atoms with Gasteiger partial charge in [-0.2, -0.15) is 13.2 Å². The van der Waals surface area contributed by atoms with Gasteiger partial charge in [-0.1, -0.05) is 30.4 Å². The van der Waals surface area contributed by atoms with Crippen LogP contribution in [0.4, 0.5) is 18.3 Å². The van der Waals surface area contributed by atoms with E-state index >= 15 is 0 Å². The third-order valence-corrected chi connectivity index (χ3v) is 4.80. The SMILES string of the molecule is CCCC(=O)Nc1nc(-c2ccc(C(F)(F)F)cc2)c(-c2ccncc2)s1. The van der Waals surface area contributed by atoms with Crippen LogP contribution < -0.4 is 5.32 Å². The molecule has 0 aliphatic rings. The number of pyridine rings is 1. The Morgan fingerprint density at radius 1 is 1.07 bits per heavy atom. The van der Waals surface area contributed by atoms with Crippen molar-refractivity contribution < 1.29 is 18.0 Å². The molecule has 1 aromatic carbocycles. The maximum atomic E-state index is 12.8. The molecule has 8 heteroatoms. The van der Waals surface area contributed by atoms with Crippen LogP contribution in [0.1, 0.15) is 25.3 Å². The summed E-state index contributed by atoms with van der Waals surface area (Å²) in [4.78, 5) is 21.1. The summed E-state index contributed by atoms with van der Waals surface area (Å²) in [5.74, 6) is -0.147. The second kappa shape index (κ2) is 7.87. The topological polar surface area (TPSA) is 54.9 Å². The number of thiazole rings is 1. The van der Waals surface area contributed by atoms with Crippen molar-refractivity contribution in [1.29, 1.82) is 0 Å². The number of benzene rings is 1. The van der Waals surface area contributed by atoms with Crippen LogP contribution in [0.3, 0.4) is 0 Å². The molecule has 0 saturated carbocycles. The molecule has 2 aromatic heterocycles. The summed E-state index contributed by atoms with van der Waals surface area (Å²) in [5, 5.41) is 3.16. The van der Waals surface area contributed by atoms with Crippen molar-refractivity contribution in [2.45, 2.75) is 25.9 Å². The first-order valence-electron chi connectivity index (χ1n) is 8.27. The molecule has 0 bridgehead atoms. The second-order valence-corrected chi connectivity index (χ2v) is 6.80. The fourth-order valence-electron chi connectivity index (χ4n) is 2.49. The number of anilines is 1. The number of amides is 1. The van der Waals surface area contributed by atoms with Gasteiger partial charge in [0.2, 0.25) is 5.91 Å². The van der Waals surface area contributed by atoms with Crippen molar-refractivity contribution in [1.82, 2.24) is 9.97 Å². The van der Waals surface area contributed by atoms with E-state index in [1.165, 1.54) is 23.5 Å². The van der Waals surface area contributed by atoms with Crippen molar-refractivity contribution in [2.75, 3.05) is 5.32 Å². The van der Waals surface area contributed by atoms with E-state index in [2.05, 4.69) is 15.3 Å². The molecule has 0 atom stereocenters. The van der Waals surface area contributed by atoms with Gasteiger partial charge in [0.05, 0.1) is 16.1 Å². The van der Waals surface area contributed by atoms with E-state index in [0.717, 1.165) is 22.6 Å². The highest BCUT2D eigenvalue weighted by Gasteiger charge is 2.30. The van der Waals surface area contributed by atoms with Gasteiger partial charge in [0.1, 0.15) is 0 Å². The molecule has 0 radical (unpaired) electrons. The predicted molar refractivity (Wildman–Crippen MR) is 99.3 cm³/mol. The lowest BCUT2D eigenvalue weighted by Crippen LogP contribution is -2.10. The minimum absolute atomic E-state index is 0.147. The molecule has 0 aliphatic heterocycles. The van der Waals surface area contributed by atoms with Crippen molar-refractivity contribution in [3.8, 4) is 21.7 Å². The summed E-state index contributed by atoms with van der Waals surface area (Å²) in [7, 11) is 0. The van der Waals surface area contributed by atoms with Gasteiger partial charge < -0.3 is 5.32 Å². The van der Waals surface area contributed by atoms with E-state index in [9.17, 15) is 18.0 Å². The lowest BCUT2D eigenvalue weighted by Gasteiger charge is -2.07. The van der Waals surface area contributed by atoms with Gasteiger partial charge in [-0.25, -0.2) is 4.98 Å². The molecule has 4 nitrogen and oxygen atoms in total. The van der Waals surface area contributed by atoms with Crippen LogP contribution in [0.15, 0.2) is 48.8 Å². The highest BCUT2D eigenvalue weighted by atomic mass is 32.1. The Labute approximate surface area is 158 Å². The molecule has 3 aromatic rings. The quantitative estimate of drug-likeness (QED) is 0.613. The Morgan fingerprint density at radius 3 is 2.33 bits per heavy atom. The van der Waals surface area contributed by atoms with Crippen LogP contribution in [0.25, 0.3) is 21.7 Å². The molecule has 2 heterocycles. The highest BCUT2D eigenvalue weighted by Crippen LogP contribution is 2.39. The molecule has 0 fully saturated rings. The second-order valence-electron chi connectivity index (χ2n) is 5.81. The number of alkyl halides is 3. The molecule has 0 unspecified atom stereocenters. The molecular formula is C19H16F3N3OS. The third-order valence-electron chi connectivity index (χ3n) is 3.78. The number of nitrogens with one attached hydrogen (secondary N) is 1. The van der Waals surface area contributed by atoms with Gasteiger partial charge in [0.15, 0.2) is 5.13 Å². The van der Waals surface area contributed by atoms with Gasteiger partial charge in [0.25, 0.3) is 0 Å². The van der Waals surface area contributed by atoms with Gasteiger partial charge in [-0.15, -0.1) is 0 Å². The maximum Gasteiger partial charge on any atom is 0.416 e. The van der Waals surface area contributed by atoms with Crippen molar-refractivity contribution >= 4 is 22.4 Å². The summed E-state index contributed by atoms with van der Waals surface area (Å²) >= 11 is 1.28. The van der Waals surface area contributed by atoms with Crippen LogP contribution in [-0.2, 0) is 11.0 Å². The molecule has 1 amide bonds. The standard InChI is InChI=1S/C19H16F3N3OS/c1-2-3-15(26)24-18-25-16(17(27-18)13-8-10-23-11-9-13)12-4-6-14(7-5-12)19(20,21)22/h4-11H,2-3H2,1H3,(H,24,25,26). The first-order chi connectivity index (χ1) is 12.9. The summed E-state index contributed by atoms with van der Waals surface area (Å²) < 4.78 is 38.5. The average molecular weight is 391 g/mol. The Balaban J connectivity index is 2.02. The number of nitrogens with zero attached hydrogens (tertiary/aromatic N) is 2. The summed E-state index contributed by atoms with van der Waals surface area (Å²) in [6, 6.07) is 8.42. The Bertz CT molecular complexity index is 922. The monoisotopic (exact) mass is 391 g/mol. The maximum absolute atomic E-state index is 12.8. The molecule has 27 heavy (non-hydrogen) atoms. The molecule has 0 spiro atoms. The largest absolute Gasteiger partial charge is 0.416 e. The van der Waals surface area contributed by atoms with Crippen molar-refractivity contribution in [3.63, 3.8) is 0 Å². The Morgan fingerprint density at radius 2 is 1.74 bits per heavy atom. The Hall–Kier alpha value is -2.74. The minimum atomic E-state index is -4.40. The molecular weight excluding hydrogens is 375 g/mol. The number of halogens is 3. The number of carbonyl (C=O) groups is 1. The number of hydrogen-bond donors (Lipinski definition) is 1. The van der Waals surface area contributed by atoms with E-state index in [1.54, 1.807) is 24.5 Å². The van der Waals surface area contributed by atoms with Gasteiger partial charge in [0, 0.05) is 24.4 Å². The number of hydrogen-bond acceptors (Lipinski definition) is 4. The number of carbonyl (C=O) groups excluding carboxylic acids is 1. The zero-order chi connectivity index (χ0) is 19.4. The molecule has 140 valence electrons. The van der Waals surface area contributed by atoms with Gasteiger partial charge in [-0.05, 0) is 36.2 Å². The van der Waals surface area contributed by atoms with Crippen molar-refractivity contribution in [3.05, 3.63) is 54.4 Å². The predicted octanol–water partition coefficient (Wildman–Crippen LogP) is 5.63. The van der Waals surface area contributed by atoms with Crippen LogP contribution in [0.5, 0.6) is 0 Å².